The van der Waals surface area contributed by atoms with Gasteiger partial charge < -0.3 is 5.32 Å². The summed E-state index contributed by atoms with van der Waals surface area (Å²) in [6.07, 6.45) is 5.61. The minimum Gasteiger partial charge on any atom is -0.306 e. The van der Waals surface area contributed by atoms with E-state index in [-0.39, 0.29) is 0 Å². The lowest BCUT2D eigenvalue weighted by Gasteiger charge is -2.44. The monoisotopic (exact) mass is 181 g/mol. The van der Waals surface area contributed by atoms with Gasteiger partial charge in [-0.1, -0.05) is 13.8 Å². The molecule has 2 aliphatic rings. The van der Waals surface area contributed by atoms with Crippen molar-refractivity contribution in [2.24, 2.45) is 11.8 Å². The molecule has 13 heavy (non-hydrogen) atoms. The van der Waals surface area contributed by atoms with Crippen LogP contribution in [0.15, 0.2) is 0 Å². The van der Waals surface area contributed by atoms with Gasteiger partial charge in [0, 0.05) is 11.1 Å². The maximum absolute atomic E-state index is 3.83. The lowest BCUT2D eigenvalue weighted by molar-refractivity contribution is 0.136. The topological polar surface area (TPSA) is 12.0 Å². The van der Waals surface area contributed by atoms with E-state index < -0.39 is 0 Å². The molecular weight excluding hydrogens is 158 g/mol. The zero-order chi connectivity index (χ0) is 9.69. The van der Waals surface area contributed by atoms with Gasteiger partial charge in [0.05, 0.1) is 0 Å². The van der Waals surface area contributed by atoms with Crippen molar-refractivity contribution >= 4 is 0 Å². The summed E-state index contributed by atoms with van der Waals surface area (Å²) >= 11 is 0. The van der Waals surface area contributed by atoms with E-state index in [4.69, 9.17) is 0 Å². The van der Waals surface area contributed by atoms with E-state index in [0.717, 1.165) is 11.8 Å². The van der Waals surface area contributed by atoms with Gasteiger partial charge in [-0.2, -0.15) is 0 Å². The van der Waals surface area contributed by atoms with Crippen LogP contribution in [-0.2, 0) is 0 Å². The van der Waals surface area contributed by atoms with Crippen LogP contribution in [0.3, 0.4) is 0 Å². The van der Waals surface area contributed by atoms with Crippen molar-refractivity contribution in [3.8, 4) is 0 Å². The van der Waals surface area contributed by atoms with Gasteiger partial charge in [0.15, 0.2) is 0 Å². The van der Waals surface area contributed by atoms with Gasteiger partial charge in [0.25, 0.3) is 0 Å². The molecule has 1 N–H and O–H groups in total. The molecule has 0 aromatic carbocycles. The van der Waals surface area contributed by atoms with E-state index in [0.29, 0.717) is 11.1 Å². The lowest BCUT2D eigenvalue weighted by atomic mass is 9.75. The molecule has 0 amide bonds. The number of piperidine rings is 1. The van der Waals surface area contributed by atoms with E-state index in [2.05, 4.69) is 33.0 Å². The third-order valence-corrected chi connectivity index (χ3v) is 3.83. The average Bonchev–Trinajstić information content (AvgIpc) is 2.64. The Labute approximate surface area is 82.3 Å². The zero-order valence-corrected chi connectivity index (χ0v) is 9.48. The average molecular weight is 181 g/mol. The smallest absolute Gasteiger partial charge is 0.0190 e. The first-order valence-corrected chi connectivity index (χ1v) is 5.72. The molecule has 1 nitrogen and oxygen atoms in total. The Hall–Kier alpha value is -0.0400. The molecule has 0 bridgehead atoms. The summed E-state index contributed by atoms with van der Waals surface area (Å²) in [7, 11) is 0. The second-order valence-corrected chi connectivity index (χ2v) is 6.20. The van der Waals surface area contributed by atoms with Gasteiger partial charge in [0.2, 0.25) is 0 Å². The van der Waals surface area contributed by atoms with Crippen LogP contribution in [0.5, 0.6) is 0 Å². The maximum atomic E-state index is 3.83. The molecule has 0 aromatic heterocycles. The van der Waals surface area contributed by atoms with Crippen LogP contribution in [0.1, 0.15) is 53.4 Å². The molecule has 2 rings (SSSR count). The number of hydrogen-bond acceptors (Lipinski definition) is 1. The summed E-state index contributed by atoms with van der Waals surface area (Å²) in [5.74, 6) is 1.80. The van der Waals surface area contributed by atoms with Crippen LogP contribution >= 0.6 is 0 Å². The highest BCUT2D eigenvalue weighted by atomic mass is 15.1. The van der Waals surface area contributed by atoms with Crippen LogP contribution in [0, 0.1) is 11.8 Å². The molecule has 1 heterocycles. The predicted octanol–water partition coefficient (Wildman–Crippen LogP) is 2.95. The molecule has 2 fully saturated rings. The Bertz CT molecular complexity index is 195. The second-order valence-electron chi connectivity index (χ2n) is 6.20. The fraction of sp³-hybridized carbons (Fsp3) is 1.00. The van der Waals surface area contributed by atoms with Crippen LogP contribution in [0.25, 0.3) is 0 Å². The standard InChI is InChI=1S/C12H23N/c1-9(2)10-7-11(3,4)13-12(8-10)5-6-12/h9-10,13H,5-8H2,1-4H3. The van der Waals surface area contributed by atoms with Gasteiger partial charge >= 0.3 is 0 Å². The third kappa shape index (κ3) is 1.90. The van der Waals surface area contributed by atoms with Crippen molar-refractivity contribution in [2.75, 3.05) is 0 Å². The Kier molecular flexibility index (Phi) is 1.99. The highest BCUT2D eigenvalue weighted by Gasteiger charge is 2.51. The highest BCUT2D eigenvalue weighted by molar-refractivity contribution is 5.10. The van der Waals surface area contributed by atoms with Crippen molar-refractivity contribution in [1.82, 2.24) is 5.32 Å². The summed E-state index contributed by atoms with van der Waals surface area (Å²) in [5, 5.41) is 3.83. The van der Waals surface area contributed by atoms with Crippen molar-refractivity contribution in [1.29, 1.82) is 0 Å². The van der Waals surface area contributed by atoms with Crippen LogP contribution < -0.4 is 5.32 Å². The minimum atomic E-state index is 0.379. The molecule has 1 aliphatic carbocycles. The van der Waals surface area contributed by atoms with Gasteiger partial charge in [-0.05, 0) is 51.4 Å². The third-order valence-electron chi connectivity index (χ3n) is 3.83. The minimum absolute atomic E-state index is 0.379. The summed E-state index contributed by atoms with van der Waals surface area (Å²) in [4.78, 5) is 0. The molecule has 1 unspecified atom stereocenters. The Morgan fingerprint density at radius 3 is 2.23 bits per heavy atom. The Balaban J connectivity index is 2.08. The predicted molar refractivity (Wildman–Crippen MR) is 56.7 cm³/mol. The van der Waals surface area contributed by atoms with Crippen molar-refractivity contribution in [2.45, 2.75) is 64.5 Å². The fourth-order valence-corrected chi connectivity index (χ4v) is 3.00. The molecule has 76 valence electrons. The first kappa shape index (κ1) is 9.51. The quantitative estimate of drug-likeness (QED) is 0.656. The normalized spacial score (nSPS) is 35.3. The Morgan fingerprint density at radius 2 is 1.77 bits per heavy atom. The lowest BCUT2D eigenvalue weighted by Crippen LogP contribution is -2.54. The summed E-state index contributed by atoms with van der Waals surface area (Å²) in [5.41, 5.74) is 0.945. The molecule has 0 aromatic rings. The Morgan fingerprint density at radius 1 is 1.15 bits per heavy atom. The first-order chi connectivity index (χ1) is 5.93. The fourth-order valence-electron chi connectivity index (χ4n) is 3.00. The van der Waals surface area contributed by atoms with E-state index in [1.54, 1.807) is 0 Å². The summed E-state index contributed by atoms with van der Waals surface area (Å²) in [6.45, 7) is 9.48. The van der Waals surface area contributed by atoms with Gasteiger partial charge in [-0.15, -0.1) is 0 Å². The molecule has 1 atom stereocenters. The highest BCUT2D eigenvalue weighted by Crippen LogP contribution is 2.49. The van der Waals surface area contributed by atoms with Crippen LogP contribution in [-0.4, -0.2) is 11.1 Å². The van der Waals surface area contributed by atoms with Gasteiger partial charge in [-0.25, -0.2) is 0 Å². The molecule has 1 saturated heterocycles. The van der Waals surface area contributed by atoms with Crippen molar-refractivity contribution < 1.29 is 0 Å². The van der Waals surface area contributed by atoms with Crippen LogP contribution in [0.4, 0.5) is 0 Å². The molecule has 0 radical (unpaired) electrons. The van der Waals surface area contributed by atoms with E-state index in [1.165, 1.54) is 25.7 Å². The van der Waals surface area contributed by atoms with E-state index in [9.17, 15) is 0 Å². The summed E-state index contributed by atoms with van der Waals surface area (Å²) < 4.78 is 0. The van der Waals surface area contributed by atoms with Crippen molar-refractivity contribution in [3.63, 3.8) is 0 Å². The van der Waals surface area contributed by atoms with E-state index >= 15 is 0 Å². The molecular formula is C12H23N. The molecule has 1 spiro atoms. The maximum Gasteiger partial charge on any atom is 0.0190 e. The van der Waals surface area contributed by atoms with Gasteiger partial charge in [0.1, 0.15) is 0 Å². The molecule has 1 saturated carbocycles. The number of hydrogen-bond donors (Lipinski definition) is 1. The first-order valence-electron chi connectivity index (χ1n) is 5.72. The van der Waals surface area contributed by atoms with Crippen LogP contribution in [0.2, 0.25) is 0 Å². The van der Waals surface area contributed by atoms with Gasteiger partial charge in [-0.3, -0.25) is 0 Å². The number of nitrogens with one attached hydrogen (secondary N) is 1. The second kappa shape index (κ2) is 2.73. The SMILES string of the molecule is CC(C)C1CC(C)(C)NC2(CC2)C1. The zero-order valence-electron chi connectivity index (χ0n) is 9.48. The largest absolute Gasteiger partial charge is 0.306 e. The summed E-state index contributed by atoms with van der Waals surface area (Å²) in [6, 6.07) is 0. The molecule has 1 aliphatic heterocycles. The molecule has 1 heteroatoms. The number of rotatable bonds is 1. The van der Waals surface area contributed by atoms with E-state index in [1.807, 2.05) is 0 Å². The van der Waals surface area contributed by atoms with Crippen molar-refractivity contribution in [3.05, 3.63) is 0 Å².